The molecule has 1 aliphatic heterocycles. The molecule has 2 rings (SSSR count). The second-order valence-electron chi connectivity index (χ2n) is 5.13. The lowest BCUT2D eigenvalue weighted by Gasteiger charge is -2.33. The van der Waals surface area contributed by atoms with Gasteiger partial charge in [-0.3, -0.25) is 4.79 Å². The molecule has 2 fully saturated rings. The Balaban J connectivity index is 2.40. The number of hydrogen-bond acceptors (Lipinski definition) is 3. The van der Waals surface area contributed by atoms with Crippen molar-refractivity contribution < 1.29 is 14.3 Å². The van der Waals surface area contributed by atoms with Gasteiger partial charge >= 0.3 is 5.97 Å². The van der Waals surface area contributed by atoms with Crippen LogP contribution < -0.4 is 0 Å². The standard InChI is InChI=1S/C13H16Cl3NO3/c1-20-12(19)13(16)7-9(18)17(10(13)11(14)15)8-5-3-2-4-6-8/h8H,2-7H2,1H3. The van der Waals surface area contributed by atoms with Gasteiger partial charge in [-0.2, -0.15) is 0 Å². The van der Waals surface area contributed by atoms with Crippen molar-refractivity contribution in [2.45, 2.75) is 49.4 Å². The van der Waals surface area contributed by atoms with E-state index in [1.54, 1.807) is 0 Å². The second-order valence-corrected chi connectivity index (χ2v) is 6.73. The topological polar surface area (TPSA) is 46.6 Å². The van der Waals surface area contributed by atoms with Gasteiger partial charge in [-0.25, -0.2) is 4.79 Å². The Morgan fingerprint density at radius 1 is 1.30 bits per heavy atom. The van der Waals surface area contributed by atoms with Crippen molar-refractivity contribution in [2.24, 2.45) is 0 Å². The molecule has 112 valence electrons. The number of likely N-dealkylation sites (tertiary alicyclic amines) is 1. The van der Waals surface area contributed by atoms with Crippen LogP contribution in [0.1, 0.15) is 38.5 Å². The number of amides is 1. The van der Waals surface area contributed by atoms with Crippen molar-refractivity contribution in [1.82, 2.24) is 4.90 Å². The van der Waals surface area contributed by atoms with Gasteiger partial charge in [0.2, 0.25) is 5.91 Å². The predicted molar refractivity (Wildman–Crippen MR) is 77.7 cm³/mol. The van der Waals surface area contributed by atoms with Crippen LogP contribution in [0, 0.1) is 0 Å². The monoisotopic (exact) mass is 339 g/mol. The molecule has 0 radical (unpaired) electrons. The number of nitrogens with zero attached hydrogens (tertiary/aromatic N) is 1. The number of ether oxygens (including phenoxy) is 1. The highest BCUT2D eigenvalue weighted by molar-refractivity contribution is 6.57. The van der Waals surface area contributed by atoms with Crippen LogP contribution in [-0.2, 0) is 14.3 Å². The number of carbonyl (C=O) groups excluding carboxylic acids is 2. The van der Waals surface area contributed by atoms with Gasteiger partial charge in [0, 0.05) is 6.04 Å². The zero-order valence-electron chi connectivity index (χ0n) is 11.1. The van der Waals surface area contributed by atoms with Crippen LogP contribution in [0.25, 0.3) is 0 Å². The van der Waals surface area contributed by atoms with Crippen LogP contribution in [0.4, 0.5) is 0 Å². The molecule has 0 N–H and O–H groups in total. The van der Waals surface area contributed by atoms with Crippen LogP contribution in [0.3, 0.4) is 0 Å². The zero-order chi connectivity index (χ0) is 14.9. The molecule has 1 unspecified atom stereocenters. The summed E-state index contributed by atoms with van der Waals surface area (Å²) < 4.78 is 4.55. The zero-order valence-corrected chi connectivity index (χ0v) is 13.4. The number of esters is 1. The molecule has 2 aliphatic rings. The smallest absolute Gasteiger partial charge is 0.333 e. The van der Waals surface area contributed by atoms with E-state index in [2.05, 4.69) is 0 Å². The quantitative estimate of drug-likeness (QED) is 0.572. The fourth-order valence-electron chi connectivity index (χ4n) is 2.99. The van der Waals surface area contributed by atoms with Gasteiger partial charge in [0.25, 0.3) is 0 Å². The number of carbonyl (C=O) groups is 2. The van der Waals surface area contributed by atoms with Gasteiger partial charge in [-0.05, 0) is 12.8 Å². The molecule has 0 aromatic carbocycles. The normalized spacial score (nSPS) is 27.9. The fraction of sp³-hybridized carbons (Fsp3) is 0.692. The van der Waals surface area contributed by atoms with Crippen LogP contribution in [-0.4, -0.2) is 34.8 Å². The molecule has 1 saturated heterocycles. The van der Waals surface area contributed by atoms with Crippen molar-refractivity contribution in [3.63, 3.8) is 0 Å². The molecule has 1 saturated carbocycles. The SMILES string of the molecule is COC(=O)C1(Cl)CC(=O)N(C2CCCCC2)C1=C(Cl)Cl. The summed E-state index contributed by atoms with van der Waals surface area (Å²) in [7, 11) is 1.22. The van der Waals surface area contributed by atoms with Gasteiger partial charge in [0.1, 0.15) is 4.49 Å². The van der Waals surface area contributed by atoms with E-state index in [0.717, 1.165) is 32.1 Å². The van der Waals surface area contributed by atoms with E-state index in [9.17, 15) is 9.59 Å². The number of rotatable bonds is 2. The molecule has 0 bridgehead atoms. The maximum absolute atomic E-state index is 12.3. The maximum atomic E-state index is 12.3. The van der Waals surface area contributed by atoms with Gasteiger partial charge in [-0.1, -0.05) is 54.1 Å². The van der Waals surface area contributed by atoms with Crippen molar-refractivity contribution in [3.8, 4) is 0 Å². The maximum Gasteiger partial charge on any atom is 0.333 e. The average molecular weight is 341 g/mol. The molecular formula is C13H16Cl3NO3. The second kappa shape index (κ2) is 6.12. The van der Waals surface area contributed by atoms with E-state index in [4.69, 9.17) is 39.5 Å². The molecule has 0 spiro atoms. The highest BCUT2D eigenvalue weighted by Gasteiger charge is 2.56. The first-order valence-corrected chi connectivity index (χ1v) is 7.70. The Labute approximate surface area is 133 Å². The largest absolute Gasteiger partial charge is 0.467 e. The van der Waals surface area contributed by atoms with Crippen LogP contribution in [0.2, 0.25) is 0 Å². The minimum atomic E-state index is -1.61. The third-order valence-electron chi connectivity index (χ3n) is 3.91. The number of halogens is 3. The molecular weight excluding hydrogens is 325 g/mol. The van der Waals surface area contributed by atoms with Crippen LogP contribution in [0.5, 0.6) is 0 Å². The van der Waals surface area contributed by atoms with E-state index < -0.39 is 10.8 Å². The van der Waals surface area contributed by atoms with E-state index in [1.165, 1.54) is 12.0 Å². The van der Waals surface area contributed by atoms with Crippen LogP contribution in [0.15, 0.2) is 10.2 Å². The van der Waals surface area contributed by atoms with Crippen molar-refractivity contribution >= 4 is 46.7 Å². The molecule has 1 aliphatic carbocycles. The number of hydrogen-bond donors (Lipinski definition) is 0. The van der Waals surface area contributed by atoms with Crippen molar-refractivity contribution in [3.05, 3.63) is 10.2 Å². The summed E-state index contributed by atoms with van der Waals surface area (Å²) in [5.41, 5.74) is 0.172. The van der Waals surface area contributed by atoms with Gasteiger partial charge in [0.05, 0.1) is 19.2 Å². The first kappa shape index (κ1) is 15.9. The molecule has 1 amide bonds. The lowest BCUT2D eigenvalue weighted by Crippen LogP contribution is -2.40. The Morgan fingerprint density at radius 3 is 2.40 bits per heavy atom. The third kappa shape index (κ3) is 2.66. The molecule has 20 heavy (non-hydrogen) atoms. The average Bonchev–Trinajstić information content (AvgIpc) is 2.71. The highest BCUT2D eigenvalue weighted by Crippen LogP contribution is 2.46. The predicted octanol–water partition coefficient (Wildman–Crippen LogP) is 3.35. The van der Waals surface area contributed by atoms with E-state index in [1.807, 2.05) is 0 Å². The lowest BCUT2D eigenvalue weighted by molar-refractivity contribution is -0.143. The van der Waals surface area contributed by atoms with Gasteiger partial charge in [-0.15, -0.1) is 0 Å². The number of methoxy groups -OCH3 is 1. The van der Waals surface area contributed by atoms with Gasteiger partial charge < -0.3 is 9.64 Å². The molecule has 1 heterocycles. The Kier molecular flexibility index (Phi) is 4.88. The summed E-state index contributed by atoms with van der Waals surface area (Å²) in [5.74, 6) is -0.939. The molecule has 4 nitrogen and oxygen atoms in total. The van der Waals surface area contributed by atoms with E-state index in [0.29, 0.717) is 0 Å². The van der Waals surface area contributed by atoms with Crippen molar-refractivity contribution in [2.75, 3.05) is 7.11 Å². The Hall–Kier alpha value is -0.450. The Morgan fingerprint density at radius 2 is 1.90 bits per heavy atom. The molecule has 7 heteroatoms. The molecule has 0 aromatic heterocycles. The van der Waals surface area contributed by atoms with Crippen LogP contribution >= 0.6 is 34.8 Å². The first-order valence-electron chi connectivity index (χ1n) is 6.57. The van der Waals surface area contributed by atoms with E-state index in [-0.39, 0.29) is 28.6 Å². The summed E-state index contributed by atoms with van der Waals surface area (Å²) in [6.07, 6.45) is 4.78. The molecule has 0 aromatic rings. The third-order valence-corrected chi connectivity index (χ3v) is 4.73. The first-order chi connectivity index (χ1) is 9.41. The molecule has 1 atom stereocenters. The minimum Gasteiger partial charge on any atom is -0.467 e. The fourth-order valence-corrected chi connectivity index (χ4v) is 3.97. The summed E-state index contributed by atoms with van der Waals surface area (Å²) >= 11 is 18.1. The van der Waals surface area contributed by atoms with Gasteiger partial charge in [0.15, 0.2) is 4.87 Å². The van der Waals surface area contributed by atoms with E-state index >= 15 is 0 Å². The summed E-state index contributed by atoms with van der Waals surface area (Å²) in [5, 5.41) is 0. The lowest BCUT2D eigenvalue weighted by atomic mass is 9.94. The Bertz CT molecular complexity index is 456. The summed E-state index contributed by atoms with van der Waals surface area (Å²) in [6.45, 7) is 0. The van der Waals surface area contributed by atoms with Crippen molar-refractivity contribution in [1.29, 1.82) is 0 Å². The summed E-state index contributed by atoms with van der Waals surface area (Å²) in [6, 6.07) is 0.00373. The minimum absolute atomic E-state index is 0.00373. The highest BCUT2D eigenvalue weighted by atomic mass is 35.5. The number of alkyl halides is 1. The summed E-state index contributed by atoms with van der Waals surface area (Å²) in [4.78, 5) is 24.2.